The first-order valence-corrected chi connectivity index (χ1v) is 6.31. The summed E-state index contributed by atoms with van der Waals surface area (Å²) in [5.74, 6) is 0.663. The van der Waals surface area contributed by atoms with E-state index in [1.54, 1.807) is 24.3 Å². The summed E-state index contributed by atoms with van der Waals surface area (Å²) in [6.45, 7) is 2.76. The summed E-state index contributed by atoms with van der Waals surface area (Å²) in [6, 6.07) is 9.37. The highest BCUT2D eigenvalue weighted by Crippen LogP contribution is 2.28. The maximum Gasteiger partial charge on any atom is 0.254 e. The van der Waals surface area contributed by atoms with Crippen LogP contribution in [0.3, 0.4) is 0 Å². The van der Waals surface area contributed by atoms with Crippen molar-refractivity contribution < 1.29 is 4.79 Å². The Morgan fingerprint density at radius 1 is 1.44 bits per heavy atom. The Bertz CT molecular complexity index is 520. The van der Waals surface area contributed by atoms with Crippen LogP contribution in [0, 0.1) is 17.2 Å². The minimum Gasteiger partial charge on any atom is -0.334 e. The van der Waals surface area contributed by atoms with Gasteiger partial charge in [0.15, 0.2) is 0 Å². The van der Waals surface area contributed by atoms with E-state index >= 15 is 0 Å². The molecule has 4 heteroatoms. The number of likely N-dealkylation sites (tertiary alicyclic amines) is 1. The molecule has 1 aromatic rings. The lowest BCUT2D eigenvalue weighted by atomic mass is 10.0. The van der Waals surface area contributed by atoms with Gasteiger partial charge >= 0.3 is 0 Å². The first-order chi connectivity index (χ1) is 8.79. The highest BCUT2D eigenvalue weighted by Gasteiger charge is 2.39. The number of nitrogens with one attached hydrogen (secondary N) is 1. The lowest BCUT2D eigenvalue weighted by Crippen LogP contribution is -2.39. The normalized spacial score (nSPS) is 25.8. The second kappa shape index (κ2) is 4.43. The topological polar surface area (TPSA) is 56.1 Å². The predicted octanol–water partition coefficient (Wildman–Crippen LogP) is 0.992. The molecule has 1 N–H and O–H groups in total. The Morgan fingerprint density at radius 3 is 3.17 bits per heavy atom. The second-order valence-electron chi connectivity index (χ2n) is 4.97. The molecule has 2 atom stereocenters. The molecule has 2 fully saturated rings. The van der Waals surface area contributed by atoms with Gasteiger partial charge in [-0.25, -0.2) is 0 Å². The van der Waals surface area contributed by atoms with Gasteiger partial charge in [-0.1, -0.05) is 6.07 Å². The van der Waals surface area contributed by atoms with Gasteiger partial charge in [0, 0.05) is 31.2 Å². The number of nitrogens with zero attached hydrogens (tertiary/aromatic N) is 2. The first kappa shape index (κ1) is 11.2. The number of hydrogen-bond acceptors (Lipinski definition) is 3. The number of carbonyl (C=O) groups excluding carboxylic acids is 1. The summed E-state index contributed by atoms with van der Waals surface area (Å²) < 4.78 is 0. The second-order valence-corrected chi connectivity index (χ2v) is 4.97. The largest absolute Gasteiger partial charge is 0.334 e. The van der Waals surface area contributed by atoms with Gasteiger partial charge in [-0.3, -0.25) is 4.79 Å². The van der Waals surface area contributed by atoms with Crippen LogP contribution in [0.15, 0.2) is 24.3 Å². The fraction of sp³-hybridized carbons (Fsp3) is 0.429. The minimum absolute atomic E-state index is 0.0586. The van der Waals surface area contributed by atoms with Crippen molar-refractivity contribution in [2.24, 2.45) is 5.92 Å². The molecule has 1 amide bonds. The molecule has 2 saturated heterocycles. The molecule has 3 rings (SSSR count). The van der Waals surface area contributed by atoms with Crippen LogP contribution in [0.5, 0.6) is 0 Å². The molecule has 2 aliphatic rings. The van der Waals surface area contributed by atoms with Crippen molar-refractivity contribution in [1.29, 1.82) is 5.26 Å². The molecule has 4 nitrogen and oxygen atoms in total. The van der Waals surface area contributed by atoms with E-state index < -0.39 is 0 Å². The highest BCUT2D eigenvalue weighted by atomic mass is 16.2. The molecule has 0 unspecified atom stereocenters. The Labute approximate surface area is 106 Å². The highest BCUT2D eigenvalue weighted by molar-refractivity contribution is 5.95. The SMILES string of the molecule is N#Cc1cccc(C(=O)N2CC[C@H]3CNC[C@H]32)c1. The zero-order valence-corrected chi connectivity index (χ0v) is 10.1. The molecule has 0 spiro atoms. The molecule has 0 aliphatic carbocycles. The zero-order valence-electron chi connectivity index (χ0n) is 10.1. The Balaban J connectivity index is 1.84. The van der Waals surface area contributed by atoms with Gasteiger partial charge in [0.1, 0.15) is 0 Å². The molecule has 0 bridgehead atoms. The standard InChI is InChI=1S/C14H15N3O/c15-7-10-2-1-3-11(6-10)14(18)17-5-4-12-8-16-9-13(12)17/h1-3,6,12-13,16H,4-5,8-9H2/t12-,13+/m0/s1. The van der Waals surface area contributed by atoms with Gasteiger partial charge in [-0.15, -0.1) is 0 Å². The van der Waals surface area contributed by atoms with E-state index in [1.807, 2.05) is 4.90 Å². The molecule has 2 aliphatic heterocycles. The van der Waals surface area contributed by atoms with Crippen molar-refractivity contribution in [3.63, 3.8) is 0 Å². The van der Waals surface area contributed by atoms with E-state index in [2.05, 4.69) is 11.4 Å². The van der Waals surface area contributed by atoms with Crippen molar-refractivity contribution in [1.82, 2.24) is 10.2 Å². The van der Waals surface area contributed by atoms with Gasteiger partial charge in [0.05, 0.1) is 11.6 Å². The summed E-state index contributed by atoms with van der Waals surface area (Å²) in [5.41, 5.74) is 1.17. The van der Waals surface area contributed by atoms with Crippen molar-refractivity contribution in [2.45, 2.75) is 12.5 Å². The van der Waals surface area contributed by atoms with Crippen LogP contribution >= 0.6 is 0 Å². The fourth-order valence-electron chi connectivity index (χ4n) is 2.99. The Morgan fingerprint density at radius 2 is 2.33 bits per heavy atom. The maximum atomic E-state index is 12.4. The number of amides is 1. The molecule has 0 aromatic heterocycles. The van der Waals surface area contributed by atoms with Crippen LogP contribution in [0.4, 0.5) is 0 Å². The van der Waals surface area contributed by atoms with Crippen LogP contribution in [-0.4, -0.2) is 36.5 Å². The van der Waals surface area contributed by atoms with E-state index in [0.29, 0.717) is 23.1 Å². The average Bonchev–Trinajstić information content (AvgIpc) is 3.00. The van der Waals surface area contributed by atoms with Crippen LogP contribution in [0.2, 0.25) is 0 Å². The molecule has 92 valence electrons. The minimum atomic E-state index is 0.0586. The van der Waals surface area contributed by atoms with Crippen molar-refractivity contribution in [3.05, 3.63) is 35.4 Å². The summed E-state index contributed by atoms with van der Waals surface area (Å²) in [5, 5.41) is 12.2. The van der Waals surface area contributed by atoms with Gasteiger partial charge in [-0.05, 0) is 30.5 Å². The monoisotopic (exact) mass is 241 g/mol. The number of benzene rings is 1. The fourth-order valence-corrected chi connectivity index (χ4v) is 2.99. The summed E-state index contributed by atoms with van der Waals surface area (Å²) in [7, 11) is 0. The summed E-state index contributed by atoms with van der Waals surface area (Å²) in [4.78, 5) is 14.4. The van der Waals surface area contributed by atoms with Crippen molar-refractivity contribution >= 4 is 5.91 Å². The third kappa shape index (κ3) is 1.77. The molecular formula is C14H15N3O. The molecule has 18 heavy (non-hydrogen) atoms. The Kier molecular flexibility index (Phi) is 2.77. The van der Waals surface area contributed by atoms with E-state index in [1.165, 1.54) is 0 Å². The third-order valence-electron chi connectivity index (χ3n) is 3.94. The first-order valence-electron chi connectivity index (χ1n) is 6.31. The lowest BCUT2D eigenvalue weighted by Gasteiger charge is -2.23. The zero-order chi connectivity index (χ0) is 12.5. The lowest BCUT2D eigenvalue weighted by molar-refractivity contribution is 0.0737. The summed E-state index contributed by atoms with van der Waals surface area (Å²) >= 11 is 0. The van der Waals surface area contributed by atoms with E-state index in [9.17, 15) is 4.79 Å². The van der Waals surface area contributed by atoms with Crippen LogP contribution < -0.4 is 5.32 Å². The smallest absolute Gasteiger partial charge is 0.254 e. The van der Waals surface area contributed by atoms with Crippen LogP contribution in [-0.2, 0) is 0 Å². The number of nitriles is 1. The molecule has 0 radical (unpaired) electrons. The number of hydrogen-bond donors (Lipinski definition) is 1. The summed E-state index contributed by atoms with van der Waals surface area (Å²) in [6.07, 6.45) is 1.08. The van der Waals surface area contributed by atoms with Crippen LogP contribution in [0.1, 0.15) is 22.3 Å². The molecule has 1 aromatic carbocycles. The van der Waals surface area contributed by atoms with E-state index in [0.717, 1.165) is 26.1 Å². The number of rotatable bonds is 1. The number of fused-ring (bicyclic) bond motifs is 1. The van der Waals surface area contributed by atoms with Crippen LogP contribution in [0.25, 0.3) is 0 Å². The molecule has 2 heterocycles. The third-order valence-corrected chi connectivity index (χ3v) is 3.94. The maximum absolute atomic E-state index is 12.4. The average molecular weight is 241 g/mol. The van der Waals surface area contributed by atoms with Crippen molar-refractivity contribution in [2.75, 3.05) is 19.6 Å². The van der Waals surface area contributed by atoms with E-state index in [-0.39, 0.29) is 5.91 Å². The van der Waals surface area contributed by atoms with E-state index in [4.69, 9.17) is 5.26 Å². The van der Waals surface area contributed by atoms with Gasteiger partial charge in [0.25, 0.3) is 5.91 Å². The van der Waals surface area contributed by atoms with Gasteiger partial charge in [-0.2, -0.15) is 5.26 Å². The Hall–Kier alpha value is -1.86. The number of carbonyl (C=O) groups is 1. The van der Waals surface area contributed by atoms with Gasteiger partial charge in [0.2, 0.25) is 0 Å². The molecular weight excluding hydrogens is 226 g/mol. The molecule has 0 saturated carbocycles. The van der Waals surface area contributed by atoms with Crippen molar-refractivity contribution in [3.8, 4) is 6.07 Å². The predicted molar refractivity (Wildman–Crippen MR) is 67.0 cm³/mol. The van der Waals surface area contributed by atoms with Gasteiger partial charge < -0.3 is 10.2 Å². The quantitative estimate of drug-likeness (QED) is 0.797.